The second kappa shape index (κ2) is 5.37. The van der Waals surface area contributed by atoms with Crippen LogP contribution in [0.25, 0.3) is 11.4 Å². The van der Waals surface area contributed by atoms with Gasteiger partial charge in [0.05, 0.1) is 12.7 Å². The van der Waals surface area contributed by atoms with Crippen molar-refractivity contribution in [3.63, 3.8) is 0 Å². The molecular formula is C11H13ClN4O3S. The Hall–Kier alpha value is -1.67. The molecule has 2 heterocycles. The van der Waals surface area contributed by atoms with Gasteiger partial charge in [-0.1, -0.05) is 0 Å². The molecule has 108 valence electrons. The van der Waals surface area contributed by atoms with Crippen molar-refractivity contribution < 1.29 is 13.2 Å². The molecule has 0 saturated heterocycles. The van der Waals surface area contributed by atoms with Gasteiger partial charge in [-0.25, -0.2) is 13.4 Å². The van der Waals surface area contributed by atoms with Crippen molar-refractivity contribution in [1.29, 1.82) is 0 Å². The summed E-state index contributed by atoms with van der Waals surface area (Å²) in [6, 6.07) is 3.22. The zero-order valence-corrected chi connectivity index (χ0v) is 12.7. The van der Waals surface area contributed by atoms with E-state index in [1.807, 2.05) is 0 Å². The van der Waals surface area contributed by atoms with Crippen molar-refractivity contribution in [3.8, 4) is 17.3 Å². The van der Waals surface area contributed by atoms with Crippen LogP contribution >= 0.6 is 10.7 Å². The number of ether oxygens (including phenoxy) is 1. The van der Waals surface area contributed by atoms with E-state index >= 15 is 0 Å². The van der Waals surface area contributed by atoms with Crippen LogP contribution in [0.1, 0.15) is 19.9 Å². The lowest BCUT2D eigenvalue weighted by Crippen LogP contribution is -2.10. The first kappa shape index (κ1) is 14.7. The summed E-state index contributed by atoms with van der Waals surface area (Å²) in [6.45, 7) is 3.61. The molecule has 2 aromatic heterocycles. The predicted molar refractivity (Wildman–Crippen MR) is 73.2 cm³/mol. The lowest BCUT2D eigenvalue weighted by atomic mass is 10.2. The van der Waals surface area contributed by atoms with Gasteiger partial charge in [-0.3, -0.25) is 4.57 Å². The molecular weight excluding hydrogens is 304 g/mol. The third-order valence-corrected chi connectivity index (χ3v) is 3.73. The maximum Gasteiger partial charge on any atom is 0.296 e. The minimum Gasteiger partial charge on any atom is -0.480 e. The Labute approximate surface area is 121 Å². The Morgan fingerprint density at radius 1 is 1.35 bits per heavy atom. The highest BCUT2D eigenvalue weighted by Crippen LogP contribution is 2.30. The van der Waals surface area contributed by atoms with Crippen molar-refractivity contribution >= 4 is 19.7 Å². The number of nitrogens with zero attached hydrogens (tertiary/aromatic N) is 4. The van der Waals surface area contributed by atoms with Gasteiger partial charge in [-0.05, 0) is 26.0 Å². The van der Waals surface area contributed by atoms with E-state index in [1.165, 1.54) is 11.7 Å². The van der Waals surface area contributed by atoms with Crippen LogP contribution in [-0.4, -0.2) is 35.3 Å². The van der Waals surface area contributed by atoms with Gasteiger partial charge in [0.15, 0.2) is 5.82 Å². The smallest absolute Gasteiger partial charge is 0.296 e. The minimum absolute atomic E-state index is 0.201. The molecule has 0 N–H and O–H groups in total. The highest BCUT2D eigenvalue weighted by atomic mass is 35.7. The molecule has 2 aromatic rings. The van der Waals surface area contributed by atoms with Crippen LogP contribution in [0.4, 0.5) is 0 Å². The van der Waals surface area contributed by atoms with Gasteiger partial charge < -0.3 is 4.74 Å². The normalized spacial score (nSPS) is 11.8. The van der Waals surface area contributed by atoms with E-state index in [4.69, 9.17) is 15.4 Å². The molecule has 0 fully saturated rings. The Morgan fingerprint density at radius 2 is 2.05 bits per heavy atom. The van der Waals surface area contributed by atoms with Gasteiger partial charge in [-0.2, -0.15) is 0 Å². The van der Waals surface area contributed by atoms with E-state index in [0.29, 0.717) is 17.3 Å². The Balaban J connectivity index is 2.73. The van der Waals surface area contributed by atoms with Crippen LogP contribution < -0.4 is 4.74 Å². The molecule has 0 amide bonds. The van der Waals surface area contributed by atoms with E-state index < -0.39 is 9.05 Å². The quantitative estimate of drug-likeness (QED) is 0.800. The molecule has 0 saturated carbocycles. The SMILES string of the molecule is COc1ncccc1-c1nnc(S(=O)(=O)Cl)n1C(C)C. The first-order valence-electron chi connectivity index (χ1n) is 5.75. The number of halogens is 1. The molecule has 20 heavy (non-hydrogen) atoms. The Bertz CT molecular complexity index is 727. The van der Waals surface area contributed by atoms with E-state index in [0.717, 1.165) is 0 Å². The van der Waals surface area contributed by atoms with Crippen molar-refractivity contribution in [2.45, 2.75) is 25.0 Å². The van der Waals surface area contributed by atoms with Gasteiger partial charge >= 0.3 is 0 Å². The Kier molecular flexibility index (Phi) is 3.96. The number of pyridine rings is 1. The van der Waals surface area contributed by atoms with Crippen LogP contribution in [0.2, 0.25) is 0 Å². The maximum absolute atomic E-state index is 11.6. The summed E-state index contributed by atoms with van der Waals surface area (Å²) >= 11 is 0. The number of hydrogen-bond acceptors (Lipinski definition) is 6. The topological polar surface area (TPSA) is 87.0 Å². The lowest BCUT2D eigenvalue weighted by molar-refractivity contribution is 0.398. The molecule has 7 nitrogen and oxygen atoms in total. The van der Waals surface area contributed by atoms with Gasteiger partial charge in [0.2, 0.25) is 5.88 Å². The summed E-state index contributed by atoms with van der Waals surface area (Å²) in [5.41, 5.74) is 0.544. The first-order chi connectivity index (χ1) is 9.36. The van der Waals surface area contributed by atoms with Gasteiger partial charge in [0, 0.05) is 22.9 Å². The Morgan fingerprint density at radius 3 is 2.60 bits per heavy atom. The van der Waals surface area contributed by atoms with E-state index in [9.17, 15) is 8.42 Å². The molecule has 0 spiro atoms. The van der Waals surface area contributed by atoms with Crippen LogP contribution in [-0.2, 0) is 9.05 Å². The summed E-state index contributed by atoms with van der Waals surface area (Å²) in [6.07, 6.45) is 1.57. The summed E-state index contributed by atoms with van der Waals surface area (Å²) in [7, 11) is 2.87. The second-order valence-electron chi connectivity index (χ2n) is 4.27. The highest BCUT2D eigenvalue weighted by molar-refractivity contribution is 8.13. The fourth-order valence-corrected chi connectivity index (χ4v) is 2.80. The summed E-state index contributed by atoms with van der Waals surface area (Å²) in [4.78, 5) is 4.06. The minimum atomic E-state index is -3.98. The molecule has 0 aliphatic carbocycles. The van der Waals surface area contributed by atoms with Gasteiger partial charge in [0.1, 0.15) is 0 Å². The van der Waals surface area contributed by atoms with Crippen LogP contribution in [0.15, 0.2) is 23.5 Å². The molecule has 2 rings (SSSR count). The number of rotatable bonds is 4. The van der Waals surface area contributed by atoms with E-state index in [1.54, 1.807) is 32.2 Å². The third kappa shape index (κ3) is 2.61. The van der Waals surface area contributed by atoms with Crippen molar-refractivity contribution in [2.24, 2.45) is 0 Å². The highest BCUT2D eigenvalue weighted by Gasteiger charge is 2.26. The molecule has 0 unspecified atom stereocenters. The van der Waals surface area contributed by atoms with Crippen LogP contribution in [0.3, 0.4) is 0 Å². The van der Waals surface area contributed by atoms with Crippen molar-refractivity contribution in [3.05, 3.63) is 18.3 Å². The lowest BCUT2D eigenvalue weighted by Gasteiger charge is -2.13. The molecule has 0 aliphatic heterocycles. The van der Waals surface area contributed by atoms with E-state index in [2.05, 4.69) is 15.2 Å². The third-order valence-electron chi connectivity index (χ3n) is 2.60. The fraction of sp³-hybridized carbons (Fsp3) is 0.364. The first-order valence-corrected chi connectivity index (χ1v) is 8.06. The van der Waals surface area contributed by atoms with Gasteiger partial charge in [-0.15, -0.1) is 10.2 Å². The monoisotopic (exact) mass is 316 g/mol. The molecule has 0 bridgehead atoms. The van der Waals surface area contributed by atoms with Crippen LogP contribution in [0, 0.1) is 0 Å². The zero-order chi connectivity index (χ0) is 14.9. The fourth-order valence-electron chi connectivity index (χ4n) is 1.82. The average molecular weight is 317 g/mol. The summed E-state index contributed by atoms with van der Waals surface area (Å²) < 4.78 is 29.7. The molecule has 0 atom stereocenters. The number of methoxy groups -OCH3 is 1. The predicted octanol–water partition coefficient (Wildman–Crippen LogP) is 1.86. The standard InChI is InChI=1S/C11H13ClN4O3S/c1-7(2)16-9(14-15-11(16)20(12,17)18)8-5-4-6-13-10(8)19-3/h4-7H,1-3H3. The molecule has 0 aromatic carbocycles. The largest absolute Gasteiger partial charge is 0.480 e. The van der Waals surface area contributed by atoms with Gasteiger partial charge in [0.25, 0.3) is 14.2 Å². The maximum atomic E-state index is 11.6. The van der Waals surface area contributed by atoms with Crippen LogP contribution in [0.5, 0.6) is 5.88 Å². The zero-order valence-electron chi connectivity index (χ0n) is 11.1. The number of hydrogen-bond donors (Lipinski definition) is 0. The average Bonchev–Trinajstić information content (AvgIpc) is 2.83. The molecule has 0 aliphatic rings. The number of aromatic nitrogens is 4. The van der Waals surface area contributed by atoms with Crippen molar-refractivity contribution in [2.75, 3.05) is 7.11 Å². The van der Waals surface area contributed by atoms with Crippen molar-refractivity contribution in [1.82, 2.24) is 19.7 Å². The molecule has 9 heteroatoms. The second-order valence-corrected chi connectivity index (χ2v) is 6.73. The molecule has 0 radical (unpaired) electrons. The van der Waals surface area contributed by atoms with E-state index in [-0.39, 0.29) is 11.2 Å². The summed E-state index contributed by atoms with van der Waals surface area (Å²) in [5, 5.41) is 7.29. The summed E-state index contributed by atoms with van der Waals surface area (Å²) in [5.74, 6) is 0.671.